The molecule has 3 nitrogen and oxygen atoms in total. The maximum absolute atomic E-state index is 10.9. The Hall–Kier alpha value is -1.03. The monoisotopic (exact) mass is 242 g/mol. The molecule has 0 aliphatic rings. The highest BCUT2D eigenvalue weighted by Gasteiger charge is 2.03. The molecule has 0 atom stereocenters. The third kappa shape index (κ3) is 4.66. The first-order chi connectivity index (χ1) is 7.38. The topological polar surface area (TPSA) is 43.4 Å². The van der Waals surface area contributed by atoms with Gasteiger partial charge in [-0.3, -0.25) is 0 Å². The van der Waals surface area contributed by atoms with Crippen molar-refractivity contribution in [3.05, 3.63) is 29.3 Å². The van der Waals surface area contributed by atoms with Crippen molar-refractivity contribution in [3.8, 4) is 5.75 Å². The Bertz CT molecular complexity index is 449. The highest BCUT2D eigenvalue weighted by molar-refractivity contribution is 7.90. The largest absolute Gasteiger partial charge is 0.493 e. The molecule has 0 aliphatic heterocycles. The Kier molecular flexibility index (Phi) is 4.35. The zero-order chi connectivity index (χ0) is 12.2. The third-order valence-corrected chi connectivity index (χ3v) is 3.29. The van der Waals surface area contributed by atoms with Crippen molar-refractivity contribution in [2.24, 2.45) is 0 Å². The van der Waals surface area contributed by atoms with Gasteiger partial charge in [0.1, 0.15) is 15.6 Å². The first-order valence-corrected chi connectivity index (χ1v) is 7.32. The van der Waals surface area contributed by atoms with E-state index >= 15 is 0 Å². The van der Waals surface area contributed by atoms with Crippen LogP contribution in [-0.2, 0) is 9.84 Å². The van der Waals surface area contributed by atoms with Gasteiger partial charge in [-0.1, -0.05) is 12.1 Å². The van der Waals surface area contributed by atoms with E-state index in [9.17, 15) is 8.42 Å². The minimum absolute atomic E-state index is 0.178. The molecular formula is C12H18O3S. The van der Waals surface area contributed by atoms with E-state index in [1.165, 1.54) is 6.26 Å². The van der Waals surface area contributed by atoms with Crippen molar-refractivity contribution in [2.45, 2.75) is 20.3 Å². The van der Waals surface area contributed by atoms with E-state index in [2.05, 4.69) is 0 Å². The van der Waals surface area contributed by atoms with E-state index < -0.39 is 9.84 Å². The Morgan fingerprint density at radius 1 is 1.25 bits per heavy atom. The zero-order valence-electron chi connectivity index (χ0n) is 9.99. The molecule has 4 heteroatoms. The van der Waals surface area contributed by atoms with Crippen LogP contribution in [0.2, 0.25) is 0 Å². The molecule has 0 unspecified atom stereocenters. The van der Waals surface area contributed by atoms with Gasteiger partial charge < -0.3 is 4.74 Å². The highest BCUT2D eigenvalue weighted by atomic mass is 32.2. The third-order valence-electron chi connectivity index (χ3n) is 2.26. The van der Waals surface area contributed by atoms with Crippen LogP contribution < -0.4 is 4.74 Å². The lowest BCUT2D eigenvalue weighted by Gasteiger charge is -2.09. The fourth-order valence-corrected chi connectivity index (χ4v) is 2.01. The number of aryl methyl sites for hydroxylation is 2. The van der Waals surface area contributed by atoms with Gasteiger partial charge in [0.25, 0.3) is 0 Å². The van der Waals surface area contributed by atoms with Crippen LogP contribution in [0.3, 0.4) is 0 Å². The van der Waals surface area contributed by atoms with E-state index in [0.717, 1.165) is 16.9 Å². The molecule has 0 N–H and O–H groups in total. The molecular weight excluding hydrogens is 224 g/mol. The predicted octanol–water partition coefficient (Wildman–Crippen LogP) is 2.12. The first-order valence-electron chi connectivity index (χ1n) is 5.26. The predicted molar refractivity (Wildman–Crippen MR) is 65.7 cm³/mol. The Morgan fingerprint density at radius 3 is 2.56 bits per heavy atom. The molecule has 0 saturated heterocycles. The maximum Gasteiger partial charge on any atom is 0.147 e. The van der Waals surface area contributed by atoms with Crippen LogP contribution in [0, 0.1) is 13.8 Å². The van der Waals surface area contributed by atoms with Crippen LogP contribution in [0.1, 0.15) is 17.5 Å². The van der Waals surface area contributed by atoms with Crippen LogP contribution in [0.15, 0.2) is 18.2 Å². The quantitative estimate of drug-likeness (QED) is 0.743. The average molecular weight is 242 g/mol. The van der Waals surface area contributed by atoms with Gasteiger partial charge in [-0.15, -0.1) is 0 Å². The highest BCUT2D eigenvalue weighted by Crippen LogP contribution is 2.19. The van der Waals surface area contributed by atoms with Crippen molar-refractivity contribution in [1.82, 2.24) is 0 Å². The van der Waals surface area contributed by atoms with E-state index in [-0.39, 0.29) is 5.75 Å². The van der Waals surface area contributed by atoms with Gasteiger partial charge in [-0.2, -0.15) is 0 Å². The number of sulfone groups is 1. The summed E-state index contributed by atoms with van der Waals surface area (Å²) in [6.07, 6.45) is 1.77. The number of rotatable bonds is 5. The van der Waals surface area contributed by atoms with Gasteiger partial charge in [-0.25, -0.2) is 8.42 Å². The second kappa shape index (κ2) is 5.34. The Balaban J connectivity index is 2.46. The molecule has 90 valence electrons. The Morgan fingerprint density at radius 2 is 1.94 bits per heavy atom. The molecule has 0 saturated carbocycles. The second-order valence-corrected chi connectivity index (χ2v) is 6.36. The van der Waals surface area contributed by atoms with Crippen molar-refractivity contribution >= 4 is 9.84 Å². The molecule has 16 heavy (non-hydrogen) atoms. The first kappa shape index (κ1) is 13.0. The van der Waals surface area contributed by atoms with Crippen LogP contribution in [0.5, 0.6) is 5.75 Å². The molecule has 0 heterocycles. The summed E-state index contributed by atoms with van der Waals surface area (Å²) < 4.78 is 27.4. The standard InChI is InChI=1S/C12H18O3S/c1-10-5-6-11(2)12(9-10)15-7-4-8-16(3,13)14/h5-6,9H,4,7-8H2,1-3H3. The lowest BCUT2D eigenvalue weighted by molar-refractivity contribution is 0.315. The number of ether oxygens (including phenoxy) is 1. The van der Waals surface area contributed by atoms with Crippen molar-refractivity contribution < 1.29 is 13.2 Å². The van der Waals surface area contributed by atoms with E-state index in [1.54, 1.807) is 0 Å². The SMILES string of the molecule is Cc1ccc(C)c(OCCCS(C)(=O)=O)c1. The second-order valence-electron chi connectivity index (χ2n) is 4.10. The normalized spacial score (nSPS) is 11.4. The van der Waals surface area contributed by atoms with Gasteiger partial charge in [0, 0.05) is 6.26 Å². The van der Waals surface area contributed by atoms with Gasteiger partial charge >= 0.3 is 0 Å². The Labute approximate surface area is 97.4 Å². The zero-order valence-corrected chi connectivity index (χ0v) is 10.8. The van der Waals surface area contributed by atoms with E-state index in [0.29, 0.717) is 13.0 Å². The van der Waals surface area contributed by atoms with Crippen LogP contribution >= 0.6 is 0 Å². The van der Waals surface area contributed by atoms with E-state index in [4.69, 9.17) is 4.74 Å². The summed E-state index contributed by atoms with van der Waals surface area (Å²) in [4.78, 5) is 0. The molecule has 0 aliphatic carbocycles. The van der Waals surface area contributed by atoms with Crippen molar-refractivity contribution in [1.29, 1.82) is 0 Å². The summed E-state index contributed by atoms with van der Waals surface area (Å²) in [5.74, 6) is 1.02. The fraction of sp³-hybridized carbons (Fsp3) is 0.500. The summed E-state index contributed by atoms with van der Waals surface area (Å²) in [6, 6.07) is 6.00. The lowest BCUT2D eigenvalue weighted by atomic mass is 10.1. The molecule has 0 radical (unpaired) electrons. The molecule has 0 fully saturated rings. The number of hydrogen-bond donors (Lipinski definition) is 0. The van der Waals surface area contributed by atoms with Gasteiger partial charge in [-0.05, 0) is 37.5 Å². The van der Waals surface area contributed by atoms with Crippen molar-refractivity contribution in [3.63, 3.8) is 0 Å². The smallest absolute Gasteiger partial charge is 0.147 e. The number of hydrogen-bond acceptors (Lipinski definition) is 3. The van der Waals surface area contributed by atoms with Crippen LogP contribution in [0.25, 0.3) is 0 Å². The molecule has 1 aromatic carbocycles. The summed E-state index contributed by atoms with van der Waals surface area (Å²) in [7, 11) is -2.88. The number of benzene rings is 1. The average Bonchev–Trinajstić information content (AvgIpc) is 2.16. The van der Waals surface area contributed by atoms with Crippen LogP contribution in [-0.4, -0.2) is 27.0 Å². The minimum Gasteiger partial charge on any atom is -0.493 e. The molecule has 0 spiro atoms. The van der Waals surface area contributed by atoms with E-state index in [1.807, 2.05) is 32.0 Å². The van der Waals surface area contributed by atoms with Crippen molar-refractivity contribution in [2.75, 3.05) is 18.6 Å². The molecule has 1 rings (SSSR count). The van der Waals surface area contributed by atoms with Gasteiger partial charge in [0.2, 0.25) is 0 Å². The molecule has 0 bridgehead atoms. The molecule has 0 amide bonds. The maximum atomic E-state index is 10.9. The summed E-state index contributed by atoms with van der Waals surface area (Å²) in [5, 5.41) is 0. The summed E-state index contributed by atoms with van der Waals surface area (Å²) in [5.41, 5.74) is 2.22. The lowest BCUT2D eigenvalue weighted by Crippen LogP contribution is -2.08. The summed E-state index contributed by atoms with van der Waals surface area (Å²) >= 11 is 0. The van der Waals surface area contributed by atoms with Crippen LogP contribution in [0.4, 0.5) is 0 Å². The van der Waals surface area contributed by atoms with Gasteiger partial charge in [0.15, 0.2) is 0 Å². The van der Waals surface area contributed by atoms with Gasteiger partial charge in [0.05, 0.1) is 12.4 Å². The minimum atomic E-state index is -2.88. The molecule has 0 aromatic heterocycles. The fourth-order valence-electron chi connectivity index (χ4n) is 1.37. The summed E-state index contributed by atoms with van der Waals surface area (Å²) in [6.45, 7) is 4.42. The molecule has 1 aromatic rings.